The topological polar surface area (TPSA) is 61.5 Å². The van der Waals surface area contributed by atoms with E-state index in [2.05, 4.69) is 9.47 Å². The molecule has 1 atom stereocenters. The molecule has 120 valence electrons. The Morgan fingerprint density at radius 1 is 1.38 bits per heavy atom. The van der Waals surface area contributed by atoms with Crippen molar-refractivity contribution in [3.8, 4) is 5.75 Å². The zero-order valence-electron chi connectivity index (χ0n) is 10.9. The summed E-state index contributed by atoms with van der Waals surface area (Å²) < 4.78 is 59.8. The third-order valence-corrected chi connectivity index (χ3v) is 2.38. The van der Waals surface area contributed by atoms with Crippen LogP contribution < -0.4 is 10.5 Å². The fourth-order valence-corrected chi connectivity index (χ4v) is 1.45. The number of nitrogens with two attached hydrogens (primary N) is 1. The number of halogens is 5. The quantitative estimate of drug-likeness (QED) is 0.643. The summed E-state index contributed by atoms with van der Waals surface area (Å²) in [5.74, 6) is -6.07. The number of benzene rings is 1. The van der Waals surface area contributed by atoms with Gasteiger partial charge >= 0.3 is 18.5 Å². The largest absolute Gasteiger partial charge is 0.462 e. The molecule has 0 bridgehead atoms. The molecule has 0 saturated heterocycles. The maximum atomic E-state index is 13.7. The number of esters is 1. The highest BCUT2D eigenvalue weighted by atomic mass is 35.5. The van der Waals surface area contributed by atoms with E-state index in [4.69, 9.17) is 5.73 Å². The molecule has 0 amide bonds. The molecule has 0 radical (unpaired) electrons. The van der Waals surface area contributed by atoms with E-state index in [-0.39, 0.29) is 30.3 Å². The van der Waals surface area contributed by atoms with Crippen LogP contribution in [0.4, 0.5) is 17.6 Å². The molecule has 0 aliphatic heterocycles. The van der Waals surface area contributed by atoms with Gasteiger partial charge in [0.05, 0.1) is 6.61 Å². The van der Waals surface area contributed by atoms with Crippen LogP contribution in [0.1, 0.15) is 18.5 Å². The maximum absolute atomic E-state index is 13.7. The molecule has 9 heteroatoms. The van der Waals surface area contributed by atoms with Crippen molar-refractivity contribution in [1.29, 1.82) is 0 Å². The standard InChI is InChI=1S/C12H13F4NO3.ClH/c1-2-19-10(18)12(15,16)9(17)7-4-3-5-8(6-7)20-11(13)14;/h3-6,9,11H,2,17H2,1H3;1H/t9-;/m0./s1. The molecule has 0 fully saturated rings. The lowest BCUT2D eigenvalue weighted by molar-refractivity contribution is -0.174. The zero-order valence-corrected chi connectivity index (χ0v) is 11.7. The van der Waals surface area contributed by atoms with Gasteiger partial charge in [-0.3, -0.25) is 0 Å². The third-order valence-electron chi connectivity index (χ3n) is 2.38. The maximum Gasteiger partial charge on any atom is 0.387 e. The Morgan fingerprint density at radius 2 is 2.00 bits per heavy atom. The van der Waals surface area contributed by atoms with Crippen LogP contribution in [-0.4, -0.2) is 25.1 Å². The molecule has 0 aromatic heterocycles. The Morgan fingerprint density at radius 3 is 2.52 bits per heavy atom. The Bertz CT molecular complexity index is 474. The molecule has 0 aliphatic rings. The predicted octanol–water partition coefficient (Wildman–Crippen LogP) is 2.91. The van der Waals surface area contributed by atoms with Gasteiger partial charge in [0.2, 0.25) is 0 Å². The molecule has 0 unspecified atom stereocenters. The van der Waals surface area contributed by atoms with E-state index in [9.17, 15) is 22.4 Å². The number of carbonyl (C=O) groups excluding carboxylic acids is 1. The summed E-state index contributed by atoms with van der Waals surface area (Å²) in [6, 6.07) is 2.45. The van der Waals surface area contributed by atoms with Crippen LogP contribution in [0.2, 0.25) is 0 Å². The van der Waals surface area contributed by atoms with Crippen molar-refractivity contribution in [1.82, 2.24) is 0 Å². The van der Waals surface area contributed by atoms with Crippen LogP contribution in [0.3, 0.4) is 0 Å². The van der Waals surface area contributed by atoms with E-state index in [0.29, 0.717) is 0 Å². The van der Waals surface area contributed by atoms with Gasteiger partial charge in [0.15, 0.2) is 0 Å². The summed E-state index contributed by atoms with van der Waals surface area (Å²) in [5, 5.41) is 0. The van der Waals surface area contributed by atoms with Gasteiger partial charge in [-0.15, -0.1) is 12.4 Å². The van der Waals surface area contributed by atoms with Gasteiger partial charge in [0, 0.05) is 0 Å². The van der Waals surface area contributed by atoms with E-state index in [1.165, 1.54) is 19.1 Å². The summed E-state index contributed by atoms with van der Waals surface area (Å²) in [6.07, 6.45) is 0. The number of carbonyl (C=O) groups is 1. The highest BCUT2D eigenvalue weighted by Crippen LogP contribution is 2.32. The van der Waals surface area contributed by atoms with E-state index in [1.807, 2.05) is 0 Å². The third kappa shape index (κ3) is 5.05. The lowest BCUT2D eigenvalue weighted by atomic mass is 10.0. The first kappa shape index (κ1) is 19.5. The molecular weight excluding hydrogens is 318 g/mol. The van der Waals surface area contributed by atoms with E-state index < -0.39 is 24.5 Å². The van der Waals surface area contributed by atoms with Gasteiger partial charge in [0.25, 0.3) is 0 Å². The number of alkyl halides is 4. The second kappa shape index (κ2) is 8.04. The van der Waals surface area contributed by atoms with Gasteiger partial charge in [0.1, 0.15) is 11.8 Å². The lowest BCUT2D eigenvalue weighted by Crippen LogP contribution is -2.41. The van der Waals surface area contributed by atoms with Gasteiger partial charge in [-0.05, 0) is 24.6 Å². The predicted molar refractivity (Wildman–Crippen MR) is 68.8 cm³/mol. The molecule has 0 aliphatic carbocycles. The fraction of sp³-hybridized carbons (Fsp3) is 0.417. The second-order valence-electron chi connectivity index (χ2n) is 3.77. The molecule has 2 N–H and O–H groups in total. The molecule has 1 aromatic carbocycles. The van der Waals surface area contributed by atoms with Crippen LogP contribution in [0, 0.1) is 0 Å². The van der Waals surface area contributed by atoms with Crippen LogP contribution in [0.25, 0.3) is 0 Å². The van der Waals surface area contributed by atoms with Crippen LogP contribution >= 0.6 is 12.4 Å². The van der Waals surface area contributed by atoms with Gasteiger partial charge < -0.3 is 15.2 Å². The van der Waals surface area contributed by atoms with Crippen molar-refractivity contribution in [3.63, 3.8) is 0 Å². The van der Waals surface area contributed by atoms with Crippen molar-refractivity contribution in [2.24, 2.45) is 5.73 Å². The highest BCUT2D eigenvalue weighted by Gasteiger charge is 2.47. The monoisotopic (exact) mass is 331 g/mol. The summed E-state index contributed by atoms with van der Waals surface area (Å²) >= 11 is 0. The Hall–Kier alpha value is -1.54. The molecule has 1 rings (SSSR count). The minimum Gasteiger partial charge on any atom is -0.462 e. The number of hydrogen-bond acceptors (Lipinski definition) is 4. The summed E-state index contributed by atoms with van der Waals surface area (Å²) in [5.41, 5.74) is 5.09. The van der Waals surface area contributed by atoms with Gasteiger partial charge in [-0.2, -0.15) is 17.6 Å². The van der Waals surface area contributed by atoms with Crippen molar-refractivity contribution in [2.75, 3.05) is 6.61 Å². The highest BCUT2D eigenvalue weighted by molar-refractivity contribution is 5.85. The summed E-state index contributed by atoms with van der Waals surface area (Å²) in [4.78, 5) is 11.1. The van der Waals surface area contributed by atoms with Gasteiger partial charge in [-0.25, -0.2) is 4.79 Å². The second-order valence-corrected chi connectivity index (χ2v) is 3.77. The Kier molecular flexibility index (Phi) is 7.45. The smallest absolute Gasteiger partial charge is 0.387 e. The molecule has 4 nitrogen and oxygen atoms in total. The Labute approximate surface area is 124 Å². The van der Waals surface area contributed by atoms with Crippen molar-refractivity contribution < 1.29 is 31.8 Å². The molecular formula is C12H14ClF4NO3. The zero-order chi connectivity index (χ0) is 15.3. The first-order chi connectivity index (χ1) is 9.28. The molecule has 0 saturated carbocycles. The van der Waals surface area contributed by atoms with E-state index in [0.717, 1.165) is 12.1 Å². The summed E-state index contributed by atoms with van der Waals surface area (Å²) in [7, 11) is 0. The number of rotatable bonds is 6. The van der Waals surface area contributed by atoms with Crippen molar-refractivity contribution in [2.45, 2.75) is 25.5 Å². The van der Waals surface area contributed by atoms with E-state index >= 15 is 0 Å². The number of ether oxygens (including phenoxy) is 2. The average Bonchev–Trinajstić information content (AvgIpc) is 2.37. The minimum atomic E-state index is -3.97. The van der Waals surface area contributed by atoms with Gasteiger partial charge in [-0.1, -0.05) is 12.1 Å². The normalized spacial score (nSPS) is 12.5. The SMILES string of the molecule is CCOC(=O)C(F)(F)[C@@H](N)c1cccc(OC(F)F)c1.Cl. The Balaban J connectivity index is 0.00000400. The molecule has 21 heavy (non-hydrogen) atoms. The average molecular weight is 332 g/mol. The molecule has 0 heterocycles. The lowest BCUT2D eigenvalue weighted by Gasteiger charge is -2.22. The number of hydrogen-bond donors (Lipinski definition) is 1. The molecule has 1 aromatic rings. The van der Waals surface area contributed by atoms with Crippen LogP contribution in [0.15, 0.2) is 24.3 Å². The first-order valence-electron chi connectivity index (χ1n) is 5.64. The van der Waals surface area contributed by atoms with E-state index in [1.54, 1.807) is 0 Å². The van der Waals surface area contributed by atoms with Crippen molar-refractivity contribution in [3.05, 3.63) is 29.8 Å². The van der Waals surface area contributed by atoms with Crippen LogP contribution in [0.5, 0.6) is 5.75 Å². The fourth-order valence-electron chi connectivity index (χ4n) is 1.45. The first-order valence-corrected chi connectivity index (χ1v) is 5.64. The van der Waals surface area contributed by atoms with Crippen molar-refractivity contribution >= 4 is 18.4 Å². The van der Waals surface area contributed by atoms with Crippen LogP contribution in [-0.2, 0) is 9.53 Å². The minimum absolute atomic E-state index is 0. The molecule has 0 spiro atoms. The summed E-state index contributed by atoms with van der Waals surface area (Å²) in [6.45, 7) is -1.95.